The van der Waals surface area contributed by atoms with Crippen LogP contribution in [0.3, 0.4) is 0 Å². The quantitative estimate of drug-likeness (QED) is 0.706. The van der Waals surface area contributed by atoms with Gasteiger partial charge in [0.1, 0.15) is 4.88 Å². The Morgan fingerprint density at radius 2 is 1.84 bits per heavy atom. The lowest BCUT2D eigenvalue weighted by atomic mass is 10.1. The van der Waals surface area contributed by atoms with Crippen molar-refractivity contribution >= 4 is 50.5 Å². The third-order valence-corrected chi connectivity index (χ3v) is 5.70. The molecule has 0 aliphatic heterocycles. The lowest BCUT2D eigenvalue weighted by molar-refractivity contribution is -0.115. The summed E-state index contributed by atoms with van der Waals surface area (Å²) in [6.07, 6.45) is 0. The van der Waals surface area contributed by atoms with Crippen LogP contribution in [0.15, 0.2) is 42.5 Å². The first-order valence-electron chi connectivity index (χ1n) is 7.78. The zero-order valence-corrected chi connectivity index (χ0v) is 15.4. The summed E-state index contributed by atoms with van der Waals surface area (Å²) in [5.74, 6) is -0.624. The molecule has 0 unspecified atom stereocenters. The van der Waals surface area contributed by atoms with Gasteiger partial charge < -0.3 is 10.6 Å². The van der Waals surface area contributed by atoms with Gasteiger partial charge in [0, 0.05) is 15.8 Å². The van der Waals surface area contributed by atoms with Crippen molar-refractivity contribution in [2.75, 3.05) is 11.9 Å². The van der Waals surface area contributed by atoms with Crippen LogP contribution in [0.2, 0.25) is 5.02 Å². The predicted octanol–water partition coefficient (Wildman–Crippen LogP) is 4.54. The van der Waals surface area contributed by atoms with E-state index in [0.29, 0.717) is 9.90 Å². The molecule has 128 valence electrons. The minimum absolute atomic E-state index is 0.114. The van der Waals surface area contributed by atoms with Gasteiger partial charge in [-0.25, -0.2) is 0 Å². The van der Waals surface area contributed by atoms with Crippen LogP contribution < -0.4 is 10.6 Å². The molecule has 0 fully saturated rings. The molecule has 4 nitrogen and oxygen atoms in total. The molecule has 0 radical (unpaired) electrons. The number of carbonyl (C=O) groups is 2. The van der Waals surface area contributed by atoms with Gasteiger partial charge in [0.25, 0.3) is 5.91 Å². The van der Waals surface area contributed by atoms with Gasteiger partial charge in [0.05, 0.1) is 11.6 Å². The number of amides is 2. The number of anilines is 1. The molecular formula is C19H17ClN2O2S. The standard InChI is InChI=1S/C19H17ClN2O2S/c1-11-6-5-8-14(12(11)2)22-16(23)10-21-19(24)18-17(20)13-7-3-4-9-15(13)25-18/h3-9H,10H2,1-2H3,(H,21,24)(H,22,23). The largest absolute Gasteiger partial charge is 0.342 e. The maximum atomic E-state index is 12.3. The van der Waals surface area contributed by atoms with E-state index in [1.807, 2.05) is 56.3 Å². The molecule has 1 heterocycles. The van der Waals surface area contributed by atoms with Crippen molar-refractivity contribution in [1.82, 2.24) is 5.32 Å². The fourth-order valence-electron chi connectivity index (χ4n) is 2.48. The molecule has 0 saturated heterocycles. The number of halogens is 1. The van der Waals surface area contributed by atoms with Crippen molar-refractivity contribution in [3.8, 4) is 0 Å². The maximum absolute atomic E-state index is 12.3. The van der Waals surface area contributed by atoms with Crippen LogP contribution in [0.5, 0.6) is 0 Å². The second-order valence-corrected chi connectivity index (χ2v) is 7.15. The Balaban J connectivity index is 1.66. The third kappa shape index (κ3) is 3.67. The van der Waals surface area contributed by atoms with Crippen molar-refractivity contribution < 1.29 is 9.59 Å². The smallest absolute Gasteiger partial charge is 0.263 e. The number of thiophene rings is 1. The van der Waals surface area contributed by atoms with Crippen molar-refractivity contribution in [3.05, 3.63) is 63.5 Å². The van der Waals surface area contributed by atoms with E-state index in [1.54, 1.807) is 0 Å². The average molecular weight is 373 g/mol. The van der Waals surface area contributed by atoms with Crippen molar-refractivity contribution in [2.45, 2.75) is 13.8 Å². The third-order valence-electron chi connectivity index (χ3n) is 4.03. The monoisotopic (exact) mass is 372 g/mol. The Morgan fingerprint density at radius 3 is 2.60 bits per heavy atom. The van der Waals surface area contributed by atoms with E-state index in [1.165, 1.54) is 11.3 Å². The normalized spacial score (nSPS) is 10.7. The number of rotatable bonds is 4. The van der Waals surface area contributed by atoms with Gasteiger partial charge in [-0.15, -0.1) is 11.3 Å². The van der Waals surface area contributed by atoms with Gasteiger partial charge in [-0.1, -0.05) is 41.9 Å². The summed E-state index contributed by atoms with van der Waals surface area (Å²) in [6, 6.07) is 13.3. The van der Waals surface area contributed by atoms with E-state index in [2.05, 4.69) is 10.6 Å². The maximum Gasteiger partial charge on any atom is 0.263 e. The van der Waals surface area contributed by atoms with Crippen LogP contribution in [-0.2, 0) is 4.79 Å². The molecule has 0 bridgehead atoms. The molecule has 0 atom stereocenters. The van der Waals surface area contributed by atoms with Crippen LogP contribution in [-0.4, -0.2) is 18.4 Å². The van der Waals surface area contributed by atoms with Crippen LogP contribution in [0.25, 0.3) is 10.1 Å². The molecule has 6 heteroatoms. The zero-order chi connectivity index (χ0) is 18.0. The number of fused-ring (bicyclic) bond motifs is 1. The first kappa shape index (κ1) is 17.5. The molecule has 0 spiro atoms. The number of carbonyl (C=O) groups excluding carboxylic acids is 2. The van der Waals surface area contributed by atoms with Gasteiger partial charge in [-0.2, -0.15) is 0 Å². The van der Waals surface area contributed by atoms with Crippen molar-refractivity contribution in [2.24, 2.45) is 0 Å². The van der Waals surface area contributed by atoms with Gasteiger partial charge >= 0.3 is 0 Å². The van der Waals surface area contributed by atoms with Gasteiger partial charge in [-0.3, -0.25) is 9.59 Å². The van der Waals surface area contributed by atoms with E-state index in [4.69, 9.17) is 11.6 Å². The summed E-state index contributed by atoms with van der Waals surface area (Å²) in [5, 5.41) is 6.72. The van der Waals surface area contributed by atoms with Crippen LogP contribution in [0.4, 0.5) is 5.69 Å². The fraction of sp³-hybridized carbons (Fsp3) is 0.158. The zero-order valence-electron chi connectivity index (χ0n) is 13.9. The predicted molar refractivity (Wildman–Crippen MR) is 104 cm³/mol. The highest BCUT2D eigenvalue weighted by Gasteiger charge is 2.17. The van der Waals surface area contributed by atoms with Crippen LogP contribution in [0.1, 0.15) is 20.8 Å². The lowest BCUT2D eigenvalue weighted by Crippen LogP contribution is -2.32. The summed E-state index contributed by atoms with van der Waals surface area (Å²) >= 11 is 7.60. The molecular weight excluding hydrogens is 356 g/mol. The molecule has 3 aromatic rings. The second kappa shape index (κ2) is 7.25. The highest BCUT2D eigenvalue weighted by molar-refractivity contribution is 7.21. The second-order valence-electron chi connectivity index (χ2n) is 5.72. The van der Waals surface area contributed by atoms with Crippen molar-refractivity contribution in [3.63, 3.8) is 0 Å². The summed E-state index contributed by atoms with van der Waals surface area (Å²) in [7, 11) is 0. The summed E-state index contributed by atoms with van der Waals surface area (Å²) in [5.41, 5.74) is 2.85. The van der Waals surface area contributed by atoms with E-state index < -0.39 is 0 Å². The highest BCUT2D eigenvalue weighted by Crippen LogP contribution is 2.34. The Hall–Kier alpha value is -2.37. The van der Waals surface area contributed by atoms with Crippen molar-refractivity contribution in [1.29, 1.82) is 0 Å². The first-order valence-corrected chi connectivity index (χ1v) is 8.98. The van der Waals surface area contributed by atoms with E-state index in [9.17, 15) is 9.59 Å². The average Bonchev–Trinajstić information content (AvgIpc) is 2.94. The van der Waals surface area contributed by atoms with Gasteiger partial charge in [0.15, 0.2) is 0 Å². The summed E-state index contributed by atoms with van der Waals surface area (Å²) in [4.78, 5) is 24.9. The summed E-state index contributed by atoms with van der Waals surface area (Å²) in [6.45, 7) is 3.81. The minimum atomic E-state index is -0.345. The number of nitrogens with one attached hydrogen (secondary N) is 2. The number of benzene rings is 2. The summed E-state index contributed by atoms with van der Waals surface area (Å²) < 4.78 is 0.942. The van der Waals surface area contributed by atoms with E-state index in [-0.39, 0.29) is 18.4 Å². The molecule has 2 N–H and O–H groups in total. The Kier molecular flexibility index (Phi) is 5.06. The van der Waals surface area contributed by atoms with Gasteiger partial charge in [-0.05, 0) is 37.1 Å². The number of hydrogen-bond acceptors (Lipinski definition) is 3. The Labute approximate surface area is 154 Å². The Bertz CT molecular complexity index is 965. The van der Waals surface area contributed by atoms with Crippen LogP contribution in [0, 0.1) is 13.8 Å². The number of hydrogen-bond donors (Lipinski definition) is 2. The SMILES string of the molecule is Cc1cccc(NC(=O)CNC(=O)c2sc3ccccc3c2Cl)c1C. The minimum Gasteiger partial charge on any atom is -0.342 e. The van der Waals surface area contributed by atoms with E-state index in [0.717, 1.165) is 26.9 Å². The molecule has 0 aliphatic carbocycles. The van der Waals surface area contributed by atoms with Crippen LogP contribution >= 0.6 is 22.9 Å². The number of aryl methyl sites for hydroxylation is 1. The van der Waals surface area contributed by atoms with E-state index >= 15 is 0 Å². The molecule has 3 rings (SSSR count). The molecule has 0 aliphatic rings. The Morgan fingerprint density at radius 1 is 1.08 bits per heavy atom. The molecule has 0 saturated carbocycles. The highest BCUT2D eigenvalue weighted by atomic mass is 35.5. The molecule has 25 heavy (non-hydrogen) atoms. The fourth-order valence-corrected chi connectivity index (χ4v) is 3.92. The topological polar surface area (TPSA) is 58.2 Å². The van der Waals surface area contributed by atoms with Gasteiger partial charge in [0.2, 0.25) is 5.91 Å². The lowest BCUT2D eigenvalue weighted by Gasteiger charge is -2.10. The first-order chi connectivity index (χ1) is 12.0. The molecule has 1 aromatic heterocycles. The molecule has 2 aromatic carbocycles. The molecule has 2 amide bonds.